The number of carbonyl (C=O) groups excluding carboxylic acids is 2. The number of hydrogen-bond donors (Lipinski definition) is 2. The molecule has 0 radical (unpaired) electrons. The first-order chi connectivity index (χ1) is 17.7. The molecule has 0 saturated carbocycles. The van der Waals surface area contributed by atoms with Crippen LogP contribution in [0.5, 0.6) is 0 Å². The lowest BCUT2D eigenvalue weighted by Gasteiger charge is -2.31. The molecule has 4 rings (SSSR count). The predicted octanol–water partition coefficient (Wildman–Crippen LogP) is 4.26. The minimum atomic E-state index is -2.59. The Balaban J connectivity index is 1.44. The molecule has 0 unspecified atom stereocenters. The van der Waals surface area contributed by atoms with E-state index in [0.717, 1.165) is 49.0 Å². The number of likely N-dealkylation sites (tertiary alicyclic amines) is 1. The van der Waals surface area contributed by atoms with Crippen molar-refractivity contribution in [2.45, 2.75) is 75.9 Å². The molecule has 0 aliphatic carbocycles. The van der Waals surface area contributed by atoms with Crippen LogP contribution in [-0.2, 0) is 20.7 Å². The van der Waals surface area contributed by atoms with Gasteiger partial charge in [0.25, 0.3) is 0 Å². The van der Waals surface area contributed by atoms with E-state index in [2.05, 4.69) is 13.0 Å². The largest absolute Gasteiger partial charge is 0.432 e. The Morgan fingerprint density at radius 1 is 1.14 bits per heavy atom. The maximum Gasteiger partial charge on any atom is 0.225 e. The van der Waals surface area contributed by atoms with Crippen molar-refractivity contribution in [2.75, 3.05) is 18.1 Å². The Hall–Kier alpha value is -2.52. The van der Waals surface area contributed by atoms with Gasteiger partial charge < -0.3 is 19.5 Å². The zero-order chi connectivity index (χ0) is 26.6. The highest BCUT2D eigenvalue weighted by molar-refractivity contribution is 6.71. The Kier molecular flexibility index (Phi) is 8.85. The number of ether oxygens (including phenoxy) is 1. The smallest absolute Gasteiger partial charge is 0.225 e. The Morgan fingerprint density at radius 2 is 1.86 bits per heavy atom. The number of aliphatic hydroxyl groups is 1. The van der Waals surface area contributed by atoms with Crippen LogP contribution >= 0.6 is 0 Å². The lowest BCUT2D eigenvalue weighted by Crippen LogP contribution is -2.43. The number of rotatable bonds is 10. The second-order valence-corrected chi connectivity index (χ2v) is 15.0. The van der Waals surface area contributed by atoms with Gasteiger partial charge in [0.15, 0.2) is 8.32 Å². The second-order valence-electron chi connectivity index (χ2n) is 11.0. The number of nitrogens with zero attached hydrogens (tertiary/aromatic N) is 2. The Morgan fingerprint density at radius 3 is 2.54 bits per heavy atom. The summed E-state index contributed by atoms with van der Waals surface area (Å²) < 4.78 is 6.50. The molecule has 8 heteroatoms. The lowest BCUT2D eigenvalue weighted by molar-refractivity contribution is -0.135. The van der Waals surface area contributed by atoms with Gasteiger partial charge in [-0.1, -0.05) is 37.3 Å². The first kappa shape index (κ1) is 27.5. The highest BCUT2D eigenvalue weighted by Gasteiger charge is 2.50. The van der Waals surface area contributed by atoms with Crippen molar-refractivity contribution >= 4 is 32.0 Å². The number of amides is 2. The molecular formula is C29H40N2O5Si. The molecule has 2 aliphatic heterocycles. The van der Waals surface area contributed by atoms with Gasteiger partial charge in [-0.05, 0) is 74.5 Å². The van der Waals surface area contributed by atoms with Crippen LogP contribution in [0.1, 0.15) is 38.2 Å². The summed E-state index contributed by atoms with van der Waals surface area (Å²) in [5.41, 5.74) is 2.70. The van der Waals surface area contributed by atoms with Gasteiger partial charge in [-0.3, -0.25) is 14.5 Å². The highest BCUT2D eigenvalue weighted by Crippen LogP contribution is 2.46. The average Bonchev–Trinajstić information content (AvgIpc) is 3.48. The van der Waals surface area contributed by atoms with Gasteiger partial charge in [0, 0.05) is 23.5 Å². The molecule has 5 atom stereocenters. The Labute approximate surface area is 221 Å². The summed E-state index contributed by atoms with van der Waals surface area (Å²) in [7, 11) is -2.59. The average molecular weight is 525 g/mol. The molecule has 2 N–H and O–H groups in total. The van der Waals surface area contributed by atoms with Crippen LogP contribution in [0.2, 0.25) is 18.6 Å². The van der Waals surface area contributed by atoms with E-state index in [1.807, 2.05) is 61.6 Å². The lowest BCUT2D eigenvalue weighted by atomic mass is 9.95. The maximum atomic E-state index is 13.1. The summed E-state index contributed by atoms with van der Waals surface area (Å²) in [5, 5.41) is 9.64. The van der Waals surface area contributed by atoms with Crippen molar-refractivity contribution in [1.82, 2.24) is 4.90 Å². The number of para-hydroxylation sites is 1. The molecule has 200 valence electrons. The van der Waals surface area contributed by atoms with E-state index in [4.69, 9.17) is 4.74 Å². The van der Waals surface area contributed by atoms with Crippen LogP contribution in [0, 0.1) is 5.92 Å². The number of hydrogen-bond acceptors (Lipinski definition) is 5. The Bertz CT molecular complexity index is 1060. The number of benzene rings is 2. The number of carbonyl (C=O) groups is 2. The van der Waals surface area contributed by atoms with Crippen LogP contribution in [0.4, 0.5) is 11.4 Å². The van der Waals surface area contributed by atoms with Crippen LogP contribution in [0.3, 0.4) is 0 Å². The SMILES string of the molecule is C[C@@H]1[C@@H]([Si](C)(C)O)[C@H](CC(=O)N2CCC[C@H]2CO)O[C@@H]1CCc1cccc(N(C=O)c2ccccc2)c1. The van der Waals surface area contributed by atoms with Crippen LogP contribution in [0.15, 0.2) is 54.6 Å². The van der Waals surface area contributed by atoms with Crippen molar-refractivity contribution < 1.29 is 24.2 Å². The number of aryl methyl sites for hydroxylation is 1. The van der Waals surface area contributed by atoms with E-state index in [-0.39, 0.29) is 48.6 Å². The molecule has 0 bridgehead atoms. The maximum absolute atomic E-state index is 13.1. The predicted molar refractivity (Wildman–Crippen MR) is 147 cm³/mol. The van der Waals surface area contributed by atoms with E-state index in [1.54, 1.807) is 9.80 Å². The first-order valence-corrected chi connectivity index (χ1v) is 16.4. The quantitative estimate of drug-likeness (QED) is 0.358. The third-order valence-electron chi connectivity index (χ3n) is 8.05. The van der Waals surface area contributed by atoms with Crippen molar-refractivity contribution in [1.29, 1.82) is 0 Å². The van der Waals surface area contributed by atoms with E-state index in [9.17, 15) is 19.5 Å². The van der Waals surface area contributed by atoms with Crippen LogP contribution in [-0.4, -0.2) is 66.8 Å². The molecule has 2 amide bonds. The fourth-order valence-corrected chi connectivity index (χ4v) is 8.89. The molecule has 2 aliphatic rings. The van der Waals surface area contributed by atoms with Crippen molar-refractivity contribution in [3.05, 3.63) is 60.2 Å². The minimum absolute atomic E-state index is 0.00910. The van der Waals surface area contributed by atoms with E-state index in [1.165, 1.54) is 0 Å². The van der Waals surface area contributed by atoms with Gasteiger partial charge in [-0.2, -0.15) is 0 Å². The van der Waals surface area contributed by atoms with Crippen molar-refractivity contribution in [2.24, 2.45) is 5.92 Å². The van der Waals surface area contributed by atoms with Crippen molar-refractivity contribution in [3.8, 4) is 0 Å². The van der Waals surface area contributed by atoms with Crippen LogP contribution < -0.4 is 4.90 Å². The van der Waals surface area contributed by atoms with Crippen LogP contribution in [0.25, 0.3) is 0 Å². The molecule has 0 spiro atoms. The van der Waals surface area contributed by atoms with E-state index < -0.39 is 8.32 Å². The second kappa shape index (κ2) is 11.9. The van der Waals surface area contributed by atoms with Crippen molar-refractivity contribution in [3.63, 3.8) is 0 Å². The minimum Gasteiger partial charge on any atom is -0.432 e. The summed E-state index contributed by atoms with van der Waals surface area (Å²) >= 11 is 0. The third kappa shape index (κ3) is 6.31. The monoisotopic (exact) mass is 524 g/mol. The van der Waals surface area contributed by atoms with E-state index >= 15 is 0 Å². The summed E-state index contributed by atoms with van der Waals surface area (Å²) in [5.74, 6) is 0.149. The third-order valence-corrected chi connectivity index (χ3v) is 10.6. The van der Waals surface area contributed by atoms with Gasteiger partial charge in [0.05, 0.1) is 31.3 Å². The molecule has 0 aromatic heterocycles. The van der Waals surface area contributed by atoms with Gasteiger partial charge in [-0.25, -0.2) is 0 Å². The zero-order valence-corrected chi connectivity index (χ0v) is 23.1. The first-order valence-electron chi connectivity index (χ1n) is 13.4. The fraction of sp³-hybridized carbons (Fsp3) is 0.517. The van der Waals surface area contributed by atoms with Gasteiger partial charge >= 0.3 is 0 Å². The fourth-order valence-electron chi connectivity index (χ4n) is 6.28. The molecule has 2 fully saturated rings. The van der Waals surface area contributed by atoms with Gasteiger partial charge in [-0.15, -0.1) is 0 Å². The molecule has 37 heavy (non-hydrogen) atoms. The summed E-state index contributed by atoms with van der Waals surface area (Å²) in [6.07, 6.45) is 3.99. The summed E-state index contributed by atoms with van der Waals surface area (Å²) in [6, 6.07) is 17.4. The molecule has 2 saturated heterocycles. The summed E-state index contributed by atoms with van der Waals surface area (Å²) in [6.45, 7) is 6.68. The number of aliphatic hydroxyl groups excluding tert-OH is 1. The molecule has 2 heterocycles. The highest BCUT2D eigenvalue weighted by atomic mass is 28.4. The summed E-state index contributed by atoms with van der Waals surface area (Å²) in [4.78, 5) is 39.5. The molecule has 2 aromatic rings. The normalized spacial score (nSPS) is 25.9. The standard InChI is InChI=1S/C29H40N2O5Si/c1-21-26(15-14-22-9-7-12-24(17-22)31(20-33)23-10-5-4-6-11-23)36-27(29(21)37(2,3)35)18-28(34)30-16-8-13-25(30)19-32/h4-7,9-12,17,20-21,25-27,29,32,35H,8,13-16,18-19H2,1-3H3/t21-,25-,26+,27-,29+/m0/s1. The number of anilines is 2. The van der Waals surface area contributed by atoms with Gasteiger partial charge in [0.2, 0.25) is 12.3 Å². The molecular weight excluding hydrogens is 484 g/mol. The van der Waals surface area contributed by atoms with E-state index in [0.29, 0.717) is 6.54 Å². The zero-order valence-electron chi connectivity index (χ0n) is 22.1. The van der Waals surface area contributed by atoms with Gasteiger partial charge in [0.1, 0.15) is 0 Å². The topological polar surface area (TPSA) is 90.3 Å². The molecule has 2 aromatic carbocycles. The molecule has 7 nitrogen and oxygen atoms in total.